The van der Waals surface area contributed by atoms with Crippen molar-refractivity contribution in [2.24, 2.45) is 5.73 Å². The SMILES string of the molecule is Cc1n[nH]c(C)c1C(O)C(O)CN. The molecule has 5 nitrogen and oxygen atoms in total. The van der Waals surface area contributed by atoms with E-state index in [-0.39, 0.29) is 6.54 Å². The highest BCUT2D eigenvalue weighted by atomic mass is 16.3. The zero-order chi connectivity index (χ0) is 10.0. The molecule has 74 valence electrons. The number of nitrogens with zero attached hydrogens (tertiary/aromatic N) is 1. The first kappa shape index (κ1) is 10.2. The fourth-order valence-electron chi connectivity index (χ4n) is 1.32. The first-order chi connectivity index (χ1) is 6.07. The molecule has 0 radical (unpaired) electrons. The fraction of sp³-hybridized carbons (Fsp3) is 0.625. The largest absolute Gasteiger partial charge is 0.389 e. The van der Waals surface area contributed by atoms with Crippen molar-refractivity contribution in [2.45, 2.75) is 26.1 Å². The number of rotatable bonds is 3. The number of hydrogen-bond acceptors (Lipinski definition) is 4. The molecule has 1 aromatic rings. The summed E-state index contributed by atoms with van der Waals surface area (Å²) in [4.78, 5) is 0. The van der Waals surface area contributed by atoms with Gasteiger partial charge in [0.2, 0.25) is 0 Å². The highest BCUT2D eigenvalue weighted by molar-refractivity contribution is 5.26. The second-order valence-electron chi connectivity index (χ2n) is 3.10. The van der Waals surface area contributed by atoms with Gasteiger partial charge in [-0.05, 0) is 13.8 Å². The zero-order valence-electron chi connectivity index (χ0n) is 7.78. The van der Waals surface area contributed by atoms with Gasteiger partial charge in [0.1, 0.15) is 6.10 Å². The average molecular weight is 185 g/mol. The van der Waals surface area contributed by atoms with Gasteiger partial charge in [0, 0.05) is 17.8 Å². The number of hydrogen-bond donors (Lipinski definition) is 4. The van der Waals surface area contributed by atoms with Gasteiger partial charge in [0.15, 0.2) is 0 Å². The number of aryl methyl sites for hydroxylation is 2. The van der Waals surface area contributed by atoms with Gasteiger partial charge in [-0.25, -0.2) is 0 Å². The summed E-state index contributed by atoms with van der Waals surface area (Å²) in [5, 5.41) is 25.6. The summed E-state index contributed by atoms with van der Waals surface area (Å²) in [5.41, 5.74) is 7.33. The van der Waals surface area contributed by atoms with Crippen molar-refractivity contribution in [1.29, 1.82) is 0 Å². The van der Waals surface area contributed by atoms with Crippen LogP contribution in [0.3, 0.4) is 0 Å². The first-order valence-corrected chi connectivity index (χ1v) is 4.15. The van der Waals surface area contributed by atoms with Gasteiger partial charge in [-0.15, -0.1) is 0 Å². The predicted octanol–water partition coefficient (Wildman–Crippen LogP) is -0.620. The number of nitrogens with one attached hydrogen (secondary N) is 1. The number of nitrogens with two attached hydrogens (primary N) is 1. The fourth-order valence-corrected chi connectivity index (χ4v) is 1.32. The minimum absolute atomic E-state index is 0.0330. The van der Waals surface area contributed by atoms with Crippen molar-refractivity contribution in [3.63, 3.8) is 0 Å². The Bertz CT molecular complexity index is 265. The van der Waals surface area contributed by atoms with E-state index in [9.17, 15) is 10.2 Å². The van der Waals surface area contributed by atoms with E-state index in [0.29, 0.717) is 11.3 Å². The third-order valence-corrected chi connectivity index (χ3v) is 2.09. The third-order valence-electron chi connectivity index (χ3n) is 2.09. The lowest BCUT2D eigenvalue weighted by molar-refractivity contribution is 0.0236. The Kier molecular flexibility index (Phi) is 3.02. The quantitative estimate of drug-likeness (QED) is 0.504. The molecular weight excluding hydrogens is 170 g/mol. The van der Waals surface area contributed by atoms with Crippen LogP contribution < -0.4 is 5.73 Å². The van der Waals surface area contributed by atoms with Gasteiger partial charge in [-0.1, -0.05) is 0 Å². The van der Waals surface area contributed by atoms with Crippen LogP contribution in [0.2, 0.25) is 0 Å². The molecule has 0 aliphatic heterocycles. The van der Waals surface area contributed by atoms with E-state index in [4.69, 9.17) is 5.73 Å². The van der Waals surface area contributed by atoms with Crippen molar-refractivity contribution in [2.75, 3.05) is 6.54 Å². The predicted molar refractivity (Wildman–Crippen MR) is 48.1 cm³/mol. The molecule has 1 aromatic heterocycles. The molecule has 0 saturated heterocycles. The summed E-state index contributed by atoms with van der Waals surface area (Å²) in [7, 11) is 0. The Morgan fingerprint density at radius 3 is 2.46 bits per heavy atom. The Balaban J connectivity index is 2.93. The summed E-state index contributed by atoms with van der Waals surface area (Å²) in [6.07, 6.45) is -1.89. The third kappa shape index (κ3) is 1.88. The van der Waals surface area contributed by atoms with Gasteiger partial charge in [0.25, 0.3) is 0 Å². The summed E-state index contributed by atoms with van der Waals surface area (Å²) in [6.45, 7) is 3.60. The number of aliphatic hydroxyl groups is 2. The van der Waals surface area contributed by atoms with Crippen LogP contribution in [0.25, 0.3) is 0 Å². The molecule has 0 aromatic carbocycles. The van der Waals surface area contributed by atoms with Crippen molar-refractivity contribution >= 4 is 0 Å². The molecule has 0 saturated carbocycles. The summed E-state index contributed by atoms with van der Waals surface area (Å²) in [6, 6.07) is 0. The van der Waals surface area contributed by atoms with Gasteiger partial charge in [-0.3, -0.25) is 5.10 Å². The molecule has 0 aliphatic rings. The van der Waals surface area contributed by atoms with Crippen LogP contribution in [0.1, 0.15) is 23.1 Å². The van der Waals surface area contributed by atoms with Crippen LogP contribution >= 0.6 is 0 Å². The van der Waals surface area contributed by atoms with E-state index in [0.717, 1.165) is 5.69 Å². The molecule has 2 unspecified atom stereocenters. The van der Waals surface area contributed by atoms with Crippen LogP contribution in [0, 0.1) is 13.8 Å². The lowest BCUT2D eigenvalue weighted by atomic mass is 10.0. The van der Waals surface area contributed by atoms with Gasteiger partial charge in [0.05, 0.1) is 11.8 Å². The molecule has 13 heavy (non-hydrogen) atoms. The molecule has 5 heteroatoms. The zero-order valence-corrected chi connectivity index (χ0v) is 7.78. The lowest BCUT2D eigenvalue weighted by Crippen LogP contribution is -2.27. The number of aromatic amines is 1. The van der Waals surface area contributed by atoms with Crippen molar-refractivity contribution < 1.29 is 10.2 Å². The highest BCUT2D eigenvalue weighted by Crippen LogP contribution is 2.21. The van der Waals surface area contributed by atoms with Crippen molar-refractivity contribution in [3.8, 4) is 0 Å². The standard InChI is InChI=1S/C8H15N3O2/c1-4-7(5(2)11-10-4)8(13)6(12)3-9/h6,8,12-13H,3,9H2,1-2H3,(H,10,11). The van der Waals surface area contributed by atoms with Gasteiger partial charge in [-0.2, -0.15) is 5.10 Å². The Morgan fingerprint density at radius 1 is 1.46 bits per heavy atom. The molecule has 1 rings (SSSR count). The lowest BCUT2D eigenvalue weighted by Gasteiger charge is -2.16. The summed E-state index contributed by atoms with van der Waals surface area (Å²) >= 11 is 0. The maximum absolute atomic E-state index is 9.65. The Morgan fingerprint density at radius 2 is 2.08 bits per heavy atom. The topological polar surface area (TPSA) is 95.2 Å². The molecule has 0 aliphatic carbocycles. The minimum Gasteiger partial charge on any atom is -0.389 e. The van der Waals surface area contributed by atoms with Crippen LogP contribution in [0.5, 0.6) is 0 Å². The van der Waals surface area contributed by atoms with Crippen molar-refractivity contribution in [3.05, 3.63) is 17.0 Å². The molecule has 2 atom stereocenters. The van der Waals surface area contributed by atoms with E-state index in [1.807, 2.05) is 0 Å². The first-order valence-electron chi connectivity index (χ1n) is 4.15. The Hall–Kier alpha value is -0.910. The second-order valence-corrected chi connectivity index (χ2v) is 3.10. The van der Waals surface area contributed by atoms with Crippen molar-refractivity contribution in [1.82, 2.24) is 10.2 Å². The van der Waals surface area contributed by atoms with Crippen LogP contribution in [0.4, 0.5) is 0 Å². The normalized spacial score (nSPS) is 15.8. The van der Waals surface area contributed by atoms with E-state index < -0.39 is 12.2 Å². The molecule has 5 N–H and O–H groups in total. The monoisotopic (exact) mass is 185 g/mol. The molecule has 0 amide bonds. The van der Waals surface area contributed by atoms with Gasteiger partial charge >= 0.3 is 0 Å². The molecular formula is C8H15N3O2. The Labute approximate surface area is 76.6 Å². The minimum atomic E-state index is -0.955. The van der Waals surface area contributed by atoms with Crippen LogP contribution in [-0.2, 0) is 0 Å². The van der Waals surface area contributed by atoms with E-state index in [2.05, 4.69) is 10.2 Å². The number of aromatic nitrogens is 2. The summed E-state index contributed by atoms with van der Waals surface area (Å²) in [5.74, 6) is 0. The maximum atomic E-state index is 9.65. The second kappa shape index (κ2) is 3.87. The van der Waals surface area contributed by atoms with Gasteiger partial charge < -0.3 is 15.9 Å². The summed E-state index contributed by atoms with van der Waals surface area (Å²) < 4.78 is 0. The molecule has 1 heterocycles. The highest BCUT2D eigenvalue weighted by Gasteiger charge is 2.22. The van der Waals surface area contributed by atoms with Crippen LogP contribution in [-0.4, -0.2) is 33.1 Å². The average Bonchev–Trinajstić information content (AvgIpc) is 2.44. The van der Waals surface area contributed by atoms with E-state index in [1.54, 1.807) is 13.8 Å². The molecule has 0 spiro atoms. The maximum Gasteiger partial charge on any atom is 0.110 e. The number of H-pyrrole nitrogens is 1. The van der Waals surface area contributed by atoms with E-state index >= 15 is 0 Å². The van der Waals surface area contributed by atoms with Crippen LogP contribution in [0.15, 0.2) is 0 Å². The molecule has 0 bridgehead atoms. The van der Waals surface area contributed by atoms with E-state index in [1.165, 1.54) is 0 Å². The number of aliphatic hydroxyl groups excluding tert-OH is 2. The smallest absolute Gasteiger partial charge is 0.110 e. The molecule has 0 fully saturated rings.